The molecule has 1 aromatic heterocycles. The summed E-state index contributed by atoms with van der Waals surface area (Å²) >= 11 is 6.12. The lowest BCUT2D eigenvalue weighted by molar-refractivity contribution is -0.137. The van der Waals surface area contributed by atoms with Crippen molar-refractivity contribution in [2.24, 2.45) is 4.99 Å². The Labute approximate surface area is 158 Å². The van der Waals surface area contributed by atoms with Crippen LogP contribution in [-0.4, -0.2) is 15.8 Å². The molecule has 0 amide bonds. The highest BCUT2D eigenvalue weighted by Crippen LogP contribution is 2.35. The number of rotatable bonds is 2. The molecule has 4 nitrogen and oxygen atoms in total. The second kappa shape index (κ2) is 6.42. The van der Waals surface area contributed by atoms with Crippen LogP contribution in [0.4, 0.5) is 18.9 Å². The quantitative estimate of drug-likeness (QED) is 0.579. The fourth-order valence-corrected chi connectivity index (χ4v) is 3.28. The van der Waals surface area contributed by atoms with E-state index >= 15 is 0 Å². The predicted octanol–water partition coefficient (Wildman–Crippen LogP) is 5.49. The first-order chi connectivity index (χ1) is 12.8. The molecule has 1 aliphatic heterocycles. The molecule has 0 spiro atoms. The van der Waals surface area contributed by atoms with E-state index in [1.165, 1.54) is 18.3 Å². The third-order valence-electron chi connectivity index (χ3n) is 4.34. The molecule has 1 atom stereocenters. The number of benzene rings is 2. The first-order valence-electron chi connectivity index (χ1n) is 8.14. The number of alkyl halides is 3. The van der Waals surface area contributed by atoms with Gasteiger partial charge in [0.05, 0.1) is 21.6 Å². The summed E-state index contributed by atoms with van der Waals surface area (Å²) in [5.74, 6) is 0.738. The zero-order chi connectivity index (χ0) is 19.2. The number of para-hydroxylation sites is 2. The van der Waals surface area contributed by atoms with E-state index in [2.05, 4.69) is 9.98 Å². The number of aromatic nitrogens is 2. The Morgan fingerprint density at radius 2 is 1.74 bits per heavy atom. The average molecular weight is 391 g/mol. The summed E-state index contributed by atoms with van der Waals surface area (Å²) in [4.78, 5) is 10.8. The number of imidazole rings is 1. The normalized spacial score (nSPS) is 17.4. The van der Waals surface area contributed by atoms with Gasteiger partial charge in [0.1, 0.15) is 5.82 Å². The molecule has 0 saturated carbocycles. The molecule has 3 aromatic rings. The number of aliphatic imine (C=N–C) groups is 1. The van der Waals surface area contributed by atoms with Crippen LogP contribution >= 0.6 is 11.6 Å². The Bertz CT molecular complexity index is 1050. The van der Waals surface area contributed by atoms with Crippen LogP contribution in [0, 0.1) is 6.92 Å². The lowest BCUT2D eigenvalue weighted by atomic mass is 10.2. The molecule has 0 aliphatic carbocycles. The second-order valence-electron chi connectivity index (χ2n) is 6.11. The molecule has 0 N–H and O–H groups in total. The van der Waals surface area contributed by atoms with Crippen molar-refractivity contribution in [3.63, 3.8) is 0 Å². The molecule has 0 saturated heterocycles. The molecule has 8 heteroatoms. The van der Waals surface area contributed by atoms with Gasteiger partial charge in [-0.15, -0.1) is 0 Å². The van der Waals surface area contributed by atoms with Gasteiger partial charge >= 0.3 is 6.18 Å². The van der Waals surface area contributed by atoms with Crippen LogP contribution in [0.15, 0.2) is 64.8 Å². The summed E-state index contributed by atoms with van der Waals surface area (Å²) in [5.41, 5.74) is 1.53. The fourth-order valence-electron chi connectivity index (χ4n) is 3.12. The van der Waals surface area contributed by atoms with Crippen molar-refractivity contribution >= 4 is 34.5 Å². The van der Waals surface area contributed by atoms with Crippen LogP contribution in [-0.2, 0) is 6.18 Å². The smallest absolute Gasteiger partial charge is 0.307 e. The molecule has 1 unspecified atom stereocenters. The Hall–Kier alpha value is -2.80. The lowest BCUT2D eigenvalue weighted by Crippen LogP contribution is -2.30. The van der Waals surface area contributed by atoms with Crippen LogP contribution in [0.3, 0.4) is 0 Å². The predicted molar refractivity (Wildman–Crippen MR) is 99.9 cm³/mol. The van der Waals surface area contributed by atoms with Crippen molar-refractivity contribution in [2.45, 2.75) is 19.4 Å². The van der Waals surface area contributed by atoms with Crippen LogP contribution < -0.4 is 4.90 Å². The molecule has 138 valence electrons. The maximum absolute atomic E-state index is 12.9. The zero-order valence-corrected chi connectivity index (χ0v) is 14.9. The second-order valence-corrected chi connectivity index (χ2v) is 6.54. The van der Waals surface area contributed by atoms with Crippen LogP contribution in [0.5, 0.6) is 0 Å². The summed E-state index contributed by atoms with van der Waals surface area (Å²) in [6, 6.07) is 12.5. The van der Waals surface area contributed by atoms with Crippen molar-refractivity contribution < 1.29 is 13.2 Å². The minimum absolute atomic E-state index is 0.383. The van der Waals surface area contributed by atoms with Crippen molar-refractivity contribution in [3.8, 4) is 0 Å². The maximum atomic E-state index is 12.9. The minimum atomic E-state index is -4.39. The molecule has 1 aliphatic rings. The molecule has 4 rings (SSSR count). The topological polar surface area (TPSA) is 33.4 Å². The van der Waals surface area contributed by atoms with Crippen molar-refractivity contribution in [1.29, 1.82) is 0 Å². The number of hydrogen-bond acceptors (Lipinski definition) is 3. The minimum Gasteiger partial charge on any atom is -0.307 e. The zero-order valence-electron chi connectivity index (χ0n) is 14.2. The van der Waals surface area contributed by atoms with E-state index in [4.69, 9.17) is 11.6 Å². The molecule has 0 bridgehead atoms. The van der Waals surface area contributed by atoms with E-state index in [1.54, 1.807) is 11.1 Å². The summed E-state index contributed by atoms with van der Waals surface area (Å²) in [5, 5.41) is 0.383. The first kappa shape index (κ1) is 17.6. The lowest BCUT2D eigenvalue weighted by Gasteiger charge is -2.32. The number of anilines is 1. The summed E-state index contributed by atoms with van der Waals surface area (Å²) in [7, 11) is 0. The molecule has 2 aromatic carbocycles. The van der Waals surface area contributed by atoms with Crippen molar-refractivity contribution in [1.82, 2.24) is 9.55 Å². The molecule has 2 heterocycles. The Morgan fingerprint density at radius 1 is 1.04 bits per heavy atom. The van der Waals surface area contributed by atoms with Gasteiger partial charge in [-0.2, -0.15) is 13.2 Å². The maximum Gasteiger partial charge on any atom is 0.416 e. The summed E-state index contributed by atoms with van der Waals surface area (Å²) in [6.45, 7) is 1.86. The average Bonchev–Trinajstić information content (AvgIpc) is 2.97. The van der Waals surface area contributed by atoms with Crippen LogP contribution in [0.25, 0.3) is 11.0 Å². The summed E-state index contributed by atoms with van der Waals surface area (Å²) in [6.07, 6.45) is -1.75. The van der Waals surface area contributed by atoms with Gasteiger partial charge in [-0.1, -0.05) is 23.7 Å². The fraction of sp³-hybridized carbons (Fsp3) is 0.158. The van der Waals surface area contributed by atoms with E-state index in [9.17, 15) is 13.2 Å². The molecule has 0 fully saturated rings. The molecule has 0 radical (unpaired) electrons. The molecular weight excluding hydrogens is 377 g/mol. The monoisotopic (exact) mass is 390 g/mol. The van der Waals surface area contributed by atoms with Gasteiger partial charge in [0.2, 0.25) is 6.29 Å². The van der Waals surface area contributed by atoms with Crippen molar-refractivity contribution in [2.75, 3.05) is 4.90 Å². The third kappa shape index (κ3) is 3.19. The van der Waals surface area contributed by atoms with E-state index in [-0.39, 0.29) is 0 Å². The highest BCUT2D eigenvalue weighted by molar-refractivity contribution is 6.39. The van der Waals surface area contributed by atoms with E-state index < -0.39 is 18.0 Å². The standard InChI is InChI=1S/C19H14ClF3N4/c1-12-25-16-4-2-3-5-17(16)27(12)18-24-10-14(20)11-26(18)15-8-6-13(7-9-15)19(21,22)23/h2-11,18H,1H3. The Balaban J connectivity index is 1.80. The first-order valence-corrected chi connectivity index (χ1v) is 8.52. The Morgan fingerprint density at radius 3 is 2.44 bits per heavy atom. The van der Waals surface area contributed by atoms with Gasteiger partial charge in [0, 0.05) is 18.1 Å². The largest absolute Gasteiger partial charge is 0.416 e. The number of fused-ring (bicyclic) bond motifs is 1. The highest BCUT2D eigenvalue weighted by Gasteiger charge is 2.31. The molecule has 27 heavy (non-hydrogen) atoms. The van der Waals surface area contributed by atoms with E-state index in [0.29, 0.717) is 10.7 Å². The SMILES string of the molecule is Cc1nc2ccccc2n1C1N=CC(Cl)=CN1c1ccc(C(F)(F)F)cc1. The van der Waals surface area contributed by atoms with Gasteiger partial charge in [0.25, 0.3) is 0 Å². The van der Waals surface area contributed by atoms with Gasteiger partial charge in [-0.25, -0.2) is 9.98 Å². The van der Waals surface area contributed by atoms with Gasteiger partial charge in [-0.05, 0) is 43.3 Å². The van der Waals surface area contributed by atoms with E-state index in [1.807, 2.05) is 35.8 Å². The van der Waals surface area contributed by atoms with E-state index in [0.717, 1.165) is 29.0 Å². The van der Waals surface area contributed by atoms with Crippen LogP contribution in [0.1, 0.15) is 17.7 Å². The summed E-state index contributed by atoms with van der Waals surface area (Å²) < 4.78 is 40.5. The number of hydrogen-bond donors (Lipinski definition) is 0. The van der Waals surface area contributed by atoms with Gasteiger partial charge in [0.15, 0.2) is 0 Å². The van der Waals surface area contributed by atoms with Crippen molar-refractivity contribution in [3.05, 3.63) is 71.2 Å². The van der Waals surface area contributed by atoms with Crippen LogP contribution in [0.2, 0.25) is 0 Å². The number of nitrogens with zero attached hydrogens (tertiary/aromatic N) is 4. The number of halogens is 4. The van der Waals surface area contributed by atoms with Gasteiger partial charge in [-0.3, -0.25) is 4.57 Å². The number of aryl methyl sites for hydroxylation is 1. The molecular formula is C19H14ClF3N4. The third-order valence-corrected chi connectivity index (χ3v) is 4.53. The Kier molecular flexibility index (Phi) is 4.19. The number of allylic oxidation sites excluding steroid dienone is 1. The highest BCUT2D eigenvalue weighted by atomic mass is 35.5. The van der Waals surface area contributed by atoms with Gasteiger partial charge < -0.3 is 4.90 Å².